The van der Waals surface area contributed by atoms with Crippen molar-refractivity contribution >= 4 is 17.2 Å². The molecule has 2 heterocycles. The average Bonchev–Trinajstić information content (AvgIpc) is 2.76. The maximum atomic E-state index is 12.6. The summed E-state index contributed by atoms with van der Waals surface area (Å²) in [5.74, 6) is 0.829. The van der Waals surface area contributed by atoms with Crippen LogP contribution >= 0.6 is 11.3 Å². The molecule has 0 aromatic carbocycles. The number of aryl methyl sites for hydroxylation is 2. The quantitative estimate of drug-likeness (QED) is 0.925. The topological polar surface area (TPSA) is 59.2 Å². The zero-order valence-electron chi connectivity index (χ0n) is 12.0. The molecule has 1 amide bonds. The van der Waals surface area contributed by atoms with Gasteiger partial charge in [0.1, 0.15) is 4.88 Å². The summed E-state index contributed by atoms with van der Waals surface area (Å²) in [6.45, 7) is 7.45. The van der Waals surface area contributed by atoms with Gasteiger partial charge in [-0.15, -0.1) is 11.3 Å². The Kier molecular flexibility index (Phi) is 4.58. The normalized spacial score (nSPS) is 23.7. The smallest absolute Gasteiger partial charge is 0.266 e. The molecule has 0 saturated carbocycles. The fraction of sp³-hybridized carbons (Fsp3) is 0.714. The molecular formula is C14H23N3OS. The van der Waals surface area contributed by atoms with Gasteiger partial charge < -0.3 is 10.6 Å². The monoisotopic (exact) mass is 281 g/mol. The summed E-state index contributed by atoms with van der Waals surface area (Å²) < 4.78 is 0. The van der Waals surface area contributed by atoms with E-state index < -0.39 is 0 Å². The third kappa shape index (κ3) is 2.98. The maximum absolute atomic E-state index is 12.6. The van der Waals surface area contributed by atoms with Crippen LogP contribution in [0.2, 0.25) is 0 Å². The first-order valence-corrected chi connectivity index (χ1v) is 7.83. The van der Waals surface area contributed by atoms with Crippen LogP contribution < -0.4 is 5.73 Å². The third-order valence-electron chi connectivity index (χ3n) is 4.03. The van der Waals surface area contributed by atoms with Crippen LogP contribution in [0.4, 0.5) is 0 Å². The first-order valence-electron chi connectivity index (χ1n) is 7.01. The van der Waals surface area contributed by atoms with E-state index in [4.69, 9.17) is 5.73 Å². The van der Waals surface area contributed by atoms with Crippen molar-refractivity contribution in [1.29, 1.82) is 0 Å². The van der Waals surface area contributed by atoms with Gasteiger partial charge in [0.2, 0.25) is 0 Å². The highest BCUT2D eigenvalue weighted by Gasteiger charge is 2.32. The Balaban J connectivity index is 2.16. The molecule has 2 rings (SSSR count). The van der Waals surface area contributed by atoms with Gasteiger partial charge in [-0.1, -0.05) is 13.3 Å². The number of carbonyl (C=O) groups excluding carboxylic acids is 1. The van der Waals surface area contributed by atoms with Gasteiger partial charge in [-0.05, 0) is 32.6 Å². The minimum absolute atomic E-state index is 0.119. The van der Waals surface area contributed by atoms with Gasteiger partial charge in [-0.2, -0.15) is 0 Å². The van der Waals surface area contributed by atoms with E-state index in [1.54, 1.807) is 0 Å². The summed E-state index contributed by atoms with van der Waals surface area (Å²) in [5, 5.41) is 0.952. The lowest BCUT2D eigenvalue weighted by atomic mass is 9.89. The molecule has 1 aromatic heterocycles. The number of aromatic nitrogens is 1. The Labute approximate surface area is 119 Å². The van der Waals surface area contributed by atoms with Crippen molar-refractivity contribution in [2.24, 2.45) is 11.7 Å². The second-order valence-electron chi connectivity index (χ2n) is 5.33. The van der Waals surface area contributed by atoms with E-state index in [9.17, 15) is 4.79 Å². The maximum Gasteiger partial charge on any atom is 0.266 e. The van der Waals surface area contributed by atoms with Crippen LogP contribution in [0.5, 0.6) is 0 Å². The molecule has 2 atom stereocenters. The SMILES string of the molecule is CCC1CCN(C(=O)c2sc(C)nc2C)C(CN)C1. The molecule has 0 bridgehead atoms. The van der Waals surface area contributed by atoms with Gasteiger partial charge in [-0.25, -0.2) is 4.98 Å². The lowest BCUT2D eigenvalue weighted by molar-refractivity contribution is 0.0562. The summed E-state index contributed by atoms with van der Waals surface area (Å²) in [5.41, 5.74) is 6.71. The zero-order valence-corrected chi connectivity index (χ0v) is 12.8. The van der Waals surface area contributed by atoms with E-state index >= 15 is 0 Å². The van der Waals surface area contributed by atoms with Crippen LogP contribution in [-0.2, 0) is 0 Å². The Morgan fingerprint density at radius 1 is 1.53 bits per heavy atom. The van der Waals surface area contributed by atoms with Crippen molar-refractivity contribution in [2.45, 2.75) is 46.1 Å². The molecule has 106 valence electrons. The highest BCUT2D eigenvalue weighted by Crippen LogP contribution is 2.28. The van der Waals surface area contributed by atoms with Gasteiger partial charge in [0.05, 0.1) is 10.7 Å². The average molecular weight is 281 g/mol. The molecule has 0 aliphatic carbocycles. The molecule has 0 spiro atoms. The molecule has 0 radical (unpaired) electrons. The molecule has 1 aliphatic heterocycles. The van der Waals surface area contributed by atoms with Crippen LogP contribution in [0.3, 0.4) is 0 Å². The summed E-state index contributed by atoms with van der Waals surface area (Å²) in [6, 6.07) is 0.188. The van der Waals surface area contributed by atoms with Gasteiger partial charge >= 0.3 is 0 Å². The number of hydrogen-bond acceptors (Lipinski definition) is 4. The molecule has 1 fully saturated rings. The third-order valence-corrected chi connectivity index (χ3v) is 5.09. The number of nitrogens with zero attached hydrogens (tertiary/aromatic N) is 2. The van der Waals surface area contributed by atoms with Crippen LogP contribution in [0.1, 0.15) is 46.6 Å². The number of hydrogen-bond donors (Lipinski definition) is 1. The Hall–Kier alpha value is -0.940. The summed E-state index contributed by atoms with van der Waals surface area (Å²) in [4.78, 5) is 19.7. The molecular weight excluding hydrogens is 258 g/mol. The summed E-state index contributed by atoms with van der Waals surface area (Å²) in [6.07, 6.45) is 3.31. The van der Waals surface area contributed by atoms with E-state index in [2.05, 4.69) is 11.9 Å². The van der Waals surface area contributed by atoms with Crippen molar-refractivity contribution in [3.63, 3.8) is 0 Å². The number of amides is 1. The van der Waals surface area contributed by atoms with Crippen LogP contribution in [0, 0.1) is 19.8 Å². The molecule has 1 aliphatic rings. The number of piperidine rings is 1. The second-order valence-corrected chi connectivity index (χ2v) is 6.54. The highest BCUT2D eigenvalue weighted by molar-refractivity contribution is 7.13. The number of thiazole rings is 1. The van der Waals surface area contributed by atoms with E-state index in [0.29, 0.717) is 12.5 Å². The molecule has 2 unspecified atom stereocenters. The van der Waals surface area contributed by atoms with E-state index in [-0.39, 0.29) is 11.9 Å². The lowest BCUT2D eigenvalue weighted by Crippen LogP contribution is -2.49. The predicted molar refractivity (Wildman–Crippen MR) is 78.5 cm³/mol. The minimum atomic E-state index is 0.119. The summed E-state index contributed by atoms with van der Waals surface area (Å²) in [7, 11) is 0. The molecule has 4 nitrogen and oxygen atoms in total. The lowest BCUT2D eigenvalue weighted by Gasteiger charge is -2.38. The highest BCUT2D eigenvalue weighted by atomic mass is 32.1. The van der Waals surface area contributed by atoms with Crippen molar-refractivity contribution in [3.05, 3.63) is 15.6 Å². The van der Waals surface area contributed by atoms with Crippen LogP contribution in [0.15, 0.2) is 0 Å². The number of rotatable bonds is 3. The number of carbonyl (C=O) groups is 1. The van der Waals surface area contributed by atoms with Gasteiger partial charge in [0.25, 0.3) is 5.91 Å². The summed E-state index contributed by atoms with van der Waals surface area (Å²) >= 11 is 1.49. The van der Waals surface area contributed by atoms with Gasteiger partial charge in [0, 0.05) is 19.1 Å². The predicted octanol–water partition coefficient (Wildman–Crippen LogP) is 2.35. The van der Waals surface area contributed by atoms with E-state index in [0.717, 1.165) is 35.0 Å². The van der Waals surface area contributed by atoms with Gasteiger partial charge in [0.15, 0.2) is 0 Å². The number of nitrogens with two attached hydrogens (primary N) is 1. The zero-order chi connectivity index (χ0) is 14.0. The first-order chi connectivity index (χ1) is 9.06. The van der Waals surface area contributed by atoms with Crippen LogP contribution in [-0.4, -0.2) is 34.9 Å². The molecule has 1 saturated heterocycles. The van der Waals surface area contributed by atoms with Crippen molar-refractivity contribution in [2.75, 3.05) is 13.1 Å². The standard InChI is InChI=1S/C14H23N3OS/c1-4-11-5-6-17(12(7-11)8-15)14(18)13-9(2)16-10(3)19-13/h11-12H,4-8,15H2,1-3H3. The second kappa shape index (κ2) is 6.01. The van der Waals surface area contributed by atoms with Crippen molar-refractivity contribution in [1.82, 2.24) is 9.88 Å². The Bertz CT molecular complexity index is 458. The van der Waals surface area contributed by atoms with Gasteiger partial charge in [-0.3, -0.25) is 4.79 Å². The van der Waals surface area contributed by atoms with E-state index in [1.165, 1.54) is 17.8 Å². The first kappa shape index (κ1) is 14.5. The minimum Gasteiger partial charge on any atom is -0.334 e. The fourth-order valence-corrected chi connectivity index (χ4v) is 3.73. The van der Waals surface area contributed by atoms with E-state index in [1.807, 2.05) is 18.7 Å². The Morgan fingerprint density at radius 3 is 2.79 bits per heavy atom. The molecule has 1 aromatic rings. The molecule has 19 heavy (non-hydrogen) atoms. The van der Waals surface area contributed by atoms with Crippen molar-refractivity contribution in [3.8, 4) is 0 Å². The Morgan fingerprint density at radius 2 is 2.26 bits per heavy atom. The largest absolute Gasteiger partial charge is 0.334 e. The fourth-order valence-electron chi connectivity index (χ4n) is 2.86. The number of likely N-dealkylation sites (tertiary alicyclic amines) is 1. The van der Waals surface area contributed by atoms with Crippen LogP contribution in [0.25, 0.3) is 0 Å². The molecule has 5 heteroatoms. The van der Waals surface area contributed by atoms with Crippen molar-refractivity contribution < 1.29 is 4.79 Å². The molecule has 2 N–H and O–H groups in total.